The zero-order valence-corrected chi connectivity index (χ0v) is 19.2. The van der Waals surface area contributed by atoms with E-state index < -0.39 is 0 Å². The number of ketones is 1. The highest BCUT2D eigenvalue weighted by Crippen LogP contribution is 2.47. The maximum atomic E-state index is 13.4. The van der Waals surface area contributed by atoms with Gasteiger partial charge in [0.15, 0.2) is 11.5 Å². The van der Waals surface area contributed by atoms with Gasteiger partial charge in [-0.2, -0.15) is 0 Å². The Morgan fingerprint density at radius 2 is 1.50 bits per heavy atom. The van der Waals surface area contributed by atoms with Gasteiger partial charge in [0.1, 0.15) is 0 Å². The lowest BCUT2D eigenvalue weighted by molar-refractivity contribution is -0.0486. The van der Waals surface area contributed by atoms with Crippen LogP contribution in [0.25, 0.3) is 11.0 Å². The quantitative estimate of drug-likeness (QED) is 0.630. The molecule has 3 heterocycles. The Morgan fingerprint density at radius 3 is 2.19 bits per heavy atom. The highest BCUT2D eigenvalue weighted by Gasteiger charge is 2.45. The van der Waals surface area contributed by atoms with E-state index in [1.165, 1.54) is 64.7 Å². The Hall–Kier alpha value is -2.01. The molecular formula is C27H35N3O2. The molecule has 0 radical (unpaired) electrons. The van der Waals surface area contributed by atoms with Crippen LogP contribution < -0.4 is 5.56 Å². The Labute approximate surface area is 190 Å². The Bertz CT molecular complexity index is 1070. The van der Waals surface area contributed by atoms with Crippen LogP contribution in [0.5, 0.6) is 0 Å². The van der Waals surface area contributed by atoms with Gasteiger partial charge in [0, 0.05) is 31.1 Å². The van der Waals surface area contributed by atoms with Gasteiger partial charge in [-0.3, -0.25) is 14.5 Å². The zero-order chi connectivity index (χ0) is 21.8. The van der Waals surface area contributed by atoms with E-state index >= 15 is 0 Å². The molecule has 0 amide bonds. The van der Waals surface area contributed by atoms with E-state index in [0.717, 1.165) is 41.8 Å². The number of nitrogens with zero attached hydrogens (tertiary/aromatic N) is 3. The number of hydrogen-bond acceptors (Lipinski definition) is 4. The molecule has 2 saturated heterocycles. The fraction of sp³-hybridized carbons (Fsp3) is 0.667. The molecular weight excluding hydrogens is 398 g/mol. The number of carbonyl (C=O) groups is 1. The molecule has 32 heavy (non-hydrogen) atoms. The number of aromatic nitrogens is 2. The molecule has 2 aliphatic carbocycles. The summed E-state index contributed by atoms with van der Waals surface area (Å²) in [6.45, 7) is 1.46. The minimum absolute atomic E-state index is 0.0939. The van der Waals surface area contributed by atoms with E-state index in [0.29, 0.717) is 12.1 Å². The number of fused-ring (bicyclic) bond motifs is 5. The van der Waals surface area contributed by atoms with E-state index in [1.54, 1.807) is 0 Å². The number of piperidine rings is 2. The third-order valence-electron chi connectivity index (χ3n) is 9.02. The van der Waals surface area contributed by atoms with Crippen molar-refractivity contribution in [1.29, 1.82) is 0 Å². The second kappa shape index (κ2) is 8.09. The lowest BCUT2D eigenvalue weighted by Gasteiger charge is -2.55. The van der Waals surface area contributed by atoms with E-state index in [9.17, 15) is 9.59 Å². The minimum Gasteiger partial charge on any atom is -0.302 e. The average molecular weight is 434 g/mol. The summed E-state index contributed by atoms with van der Waals surface area (Å²) in [7, 11) is 0. The summed E-state index contributed by atoms with van der Waals surface area (Å²) < 4.78 is 1.94. The van der Waals surface area contributed by atoms with Gasteiger partial charge in [-0.25, -0.2) is 4.98 Å². The number of rotatable bonds is 3. The van der Waals surface area contributed by atoms with Gasteiger partial charge in [0.2, 0.25) is 0 Å². The number of benzene rings is 1. The molecule has 0 spiro atoms. The first kappa shape index (κ1) is 20.6. The van der Waals surface area contributed by atoms with Crippen molar-refractivity contribution in [2.75, 3.05) is 0 Å². The lowest BCUT2D eigenvalue weighted by Crippen LogP contribution is -2.58. The number of para-hydroxylation sites is 2. The van der Waals surface area contributed by atoms with Crippen molar-refractivity contribution in [3.05, 3.63) is 40.3 Å². The molecule has 2 aliphatic heterocycles. The molecule has 5 heteroatoms. The molecule has 0 N–H and O–H groups in total. The van der Waals surface area contributed by atoms with Crippen molar-refractivity contribution in [2.45, 2.75) is 102 Å². The van der Waals surface area contributed by atoms with Crippen LogP contribution in [0.2, 0.25) is 0 Å². The number of hydrogen-bond donors (Lipinski definition) is 0. The summed E-state index contributed by atoms with van der Waals surface area (Å²) >= 11 is 0. The van der Waals surface area contributed by atoms with Crippen LogP contribution in [-0.2, 0) is 0 Å². The highest BCUT2D eigenvalue weighted by atomic mass is 16.1. The van der Waals surface area contributed by atoms with E-state index in [-0.39, 0.29) is 23.1 Å². The summed E-state index contributed by atoms with van der Waals surface area (Å²) in [5, 5.41) is 0. The van der Waals surface area contributed by atoms with Crippen LogP contribution in [0.1, 0.15) is 94.1 Å². The van der Waals surface area contributed by atoms with Gasteiger partial charge < -0.3 is 4.57 Å². The van der Waals surface area contributed by atoms with Gasteiger partial charge >= 0.3 is 0 Å². The third-order valence-corrected chi connectivity index (χ3v) is 9.02. The topological polar surface area (TPSA) is 55.2 Å². The van der Waals surface area contributed by atoms with Crippen LogP contribution in [0, 0.1) is 11.8 Å². The first-order valence-electron chi connectivity index (χ1n) is 12.9. The van der Waals surface area contributed by atoms with Gasteiger partial charge in [-0.05, 0) is 68.9 Å². The van der Waals surface area contributed by atoms with Crippen molar-refractivity contribution in [3.8, 4) is 0 Å². The maximum absolute atomic E-state index is 13.4. The standard InChI is InChI=1S/C27H35N3O2/c1-17(31)26-27(32)30(25-11-3-2-10-24(25)28-26)23-15-20-8-5-9-21(16-23)29(20)22-13-18-6-4-7-19(12-18)14-22/h2-3,10-11,18-23H,4-9,12-16H2,1H3/t18-,19+,20?,21?,22?,23?. The number of Topliss-reactive ketones (excluding diaryl/α,β-unsaturated/α-hetero) is 1. The molecule has 1 aromatic heterocycles. The fourth-order valence-electron chi connectivity index (χ4n) is 7.88. The Morgan fingerprint density at radius 1 is 0.844 bits per heavy atom. The van der Waals surface area contributed by atoms with Gasteiger partial charge in [0.05, 0.1) is 11.0 Å². The predicted octanol–water partition coefficient (Wildman–Crippen LogP) is 5.13. The van der Waals surface area contributed by atoms with E-state index in [4.69, 9.17) is 0 Å². The molecule has 5 nitrogen and oxygen atoms in total. The Balaban J connectivity index is 1.35. The summed E-state index contributed by atoms with van der Waals surface area (Å²) in [4.78, 5) is 33.0. The second-order valence-corrected chi connectivity index (χ2v) is 11.0. The normalized spacial score (nSPS) is 35.0. The lowest BCUT2D eigenvalue weighted by atomic mass is 9.68. The first-order valence-corrected chi connectivity index (χ1v) is 12.9. The van der Waals surface area contributed by atoms with Gasteiger partial charge in [-0.15, -0.1) is 0 Å². The van der Waals surface area contributed by atoms with Crippen LogP contribution in [0.4, 0.5) is 0 Å². The number of carbonyl (C=O) groups excluding carboxylic acids is 1. The molecule has 6 rings (SSSR count). The predicted molar refractivity (Wildman–Crippen MR) is 126 cm³/mol. The summed E-state index contributed by atoms with van der Waals surface area (Å²) in [6, 6.07) is 9.87. The SMILES string of the molecule is CC(=O)c1nc2ccccc2n(C2CC3CCCC(C2)N3C2C[C@H]3CCC[C@@H](C2)C3)c1=O. The van der Waals surface area contributed by atoms with Crippen molar-refractivity contribution in [2.24, 2.45) is 11.8 Å². The zero-order valence-electron chi connectivity index (χ0n) is 19.2. The smallest absolute Gasteiger partial charge is 0.280 e. The minimum atomic E-state index is -0.235. The molecule has 5 atom stereocenters. The molecule has 2 saturated carbocycles. The highest BCUT2D eigenvalue weighted by molar-refractivity contribution is 5.93. The average Bonchev–Trinajstić information content (AvgIpc) is 2.77. The van der Waals surface area contributed by atoms with Crippen LogP contribution in [0.3, 0.4) is 0 Å². The Kier molecular flexibility index (Phi) is 5.20. The van der Waals surface area contributed by atoms with Gasteiger partial charge in [0.25, 0.3) is 5.56 Å². The molecule has 170 valence electrons. The van der Waals surface area contributed by atoms with Crippen LogP contribution in [0.15, 0.2) is 29.1 Å². The molecule has 2 aromatic rings. The van der Waals surface area contributed by atoms with Crippen LogP contribution >= 0.6 is 0 Å². The largest absolute Gasteiger partial charge is 0.302 e. The van der Waals surface area contributed by atoms with Crippen LogP contribution in [-0.4, -0.2) is 38.4 Å². The van der Waals surface area contributed by atoms with Gasteiger partial charge in [-0.1, -0.05) is 37.8 Å². The van der Waals surface area contributed by atoms with E-state index in [1.807, 2.05) is 28.8 Å². The molecule has 1 aromatic carbocycles. The van der Waals surface area contributed by atoms with E-state index in [2.05, 4.69) is 9.88 Å². The van der Waals surface area contributed by atoms with Crippen molar-refractivity contribution in [1.82, 2.24) is 14.5 Å². The van der Waals surface area contributed by atoms with Crippen molar-refractivity contribution < 1.29 is 4.79 Å². The molecule has 4 fully saturated rings. The summed E-state index contributed by atoms with van der Waals surface area (Å²) in [6.07, 6.45) is 14.4. The first-order chi connectivity index (χ1) is 15.6. The second-order valence-electron chi connectivity index (χ2n) is 11.0. The maximum Gasteiger partial charge on any atom is 0.280 e. The fourth-order valence-corrected chi connectivity index (χ4v) is 7.88. The van der Waals surface area contributed by atoms with Crippen molar-refractivity contribution >= 4 is 16.8 Å². The monoisotopic (exact) mass is 433 g/mol. The summed E-state index contributed by atoms with van der Waals surface area (Å²) in [5.74, 6) is 1.65. The third kappa shape index (κ3) is 3.44. The molecule has 3 unspecified atom stereocenters. The molecule has 4 aliphatic rings. The summed E-state index contributed by atoms with van der Waals surface area (Å²) in [5.41, 5.74) is 1.53. The van der Waals surface area contributed by atoms with Crippen molar-refractivity contribution in [3.63, 3.8) is 0 Å². The molecule has 4 bridgehead atoms.